The largest absolute Gasteiger partial charge is 0.481 e. The molecule has 0 rings (SSSR count). The molecule has 16 heteroatoms. The van der Waals surface area contributed by atoms with Gasteiger partial charge in [0.2, 0.25) is 5.91 Å². The van der Waals surface area contributed by atoms with Gasteiger partial charge in [-0.15, -0.1) is 0 Å². The van der Waals surface area contributed by atoms with Crippen LogP contribution in [0.15, 0.2) is 0 Å². The van der Waals surface area contributed by atoms with Crippen LogP contribution in [0.5, 0.6) is 0 Å². The molecule has 0 aliphatic carbocycles. The Labute approximate surface area is 303 Å². The lowest BCUT2D eigenvalue weighted by Crippen LogP contribution is -2.43. The molecule has 0 fully saturated rings. The van der Waals surface area contributed by atoms with E-state index in [4.69, 9.17) is 8.85 Å². The highest BCUT2D eigenvalue weighted by atomic mass is 32.2. The quantitative estimate of drug-likeness (QED) is 0.0241. The van der Waals surface area contributed by atoms with Gasteiger partial charge in [0.1, 0.15) is 0 Å². The lowest BCUT2D eigenvalue weighted by molar-refractivity contribution is -0.141. The molecular weight excluding hydrogens is 689 g/mol. The van der Waals surface area contributed by atoms with E-state index in [1.165, 1.54) is 11.8 Å². The molecule has 0 bridgehead atoms. The maximum atomic E-state index is 12.9. The number of carboxylic acids is 1. The highest BCUT2D eigenvalue weighted by Gasteiger charge is 2.30. The summed E-state index contributed by atoms with van der Waals surface area (Å²) in [7, 11) is -3.48. The van der Waals surface area contributed by atoms with Crippen molar-refractivity contribution in [2.45, 2.75) is 136 Å². The van der Waals surface area contributed by atoms with Gasteiger partial charge in [-0.3, -0.25) is 14.4 Å². The zero-order chi connectivity index (χ0) is 37.0. The number of urea groups is 1. The first-order chi connectivity index (χ1) is 22.5. The fourth-order valence-corrected chi connectivity index (χ4v) is 13.3. The Kier molecular flexibility index (Phi) is 29.9. The molecule has 3 atom stereocenters. The van der Waals surface area contributed by atoms with E-state index in [0.717, 1.165) is 51.2 Å². The number of rotatable bonds is 26. The number of nitrogens with one attached hydrogen (secondary N) is 4. The Bertz CT molecular complexity index is 880. The Morgan fingerprint density at radius 3 is 1.92 bits per heavy atom. The highest BCUT2D eigenvalue weighted by Crippen LogP contribution is 2.23. The van der Waals surface area contributed by atoms with Crippen LogP contribution in [0.3, 0.4) is 0 Å². The van der Waals surface area contributed by atoms with E-state index in [2.05, 4.69) is 78.0 Å². The summed E-state index contributed by atoms with van der Waals surface area (Å²) in [6, 6.07) is 0.507. The van der Waals surface area contributed by atoms with Gasteiger partial charge in [-0.05, 0) is 110 Å². The molecule has 0 aromatic rings. The minimum atomic E-state index is -1.84. The minimum Gasteiger partial charge on any atom is -0.481 e. The van der Waals surface area contributed by atoms with E-state index in [9.17, 15) is 24.3 Å². The first-order valence-corrected chi connectivity index (χ1v) is 25.5. The van der Waals surface area contributed by atoms with E-state index in [0.29, 0.717) is 45.6 Å². The molecule has 0 aliphatic heterocycles. The summed E-state index contributed by atoms with van der Waals surface area (Å²) in [6.45, 7) is 20.1. The molecule has 3 unspecified atom stereocenters. The fourth-order valence-electron chi connectivity index (χ4n) is 4.88. The van der Waals surface area contributed by atoms with E-state index >= 15 is 0 Å². The lowest BCUT2D eigenvalue weighted by atomic mass is 9.98. The molecule has 284 valence electrons. The molecule has 0 aromatic heterocycles. The summed E-state index contributed by atoms with van der Waals surface area (Å²) >= 11 is 4.72. The van der Waals surface area contributed by atoms with Crippen molar-refractivity contribution >= 4 is 64.5 Å². The lowest BCUT2D eigenvalue weighted by Gasteiger charge is -2.32. The molecule has 0 spiro atoms. The molecule has 0 radical (unpaired) electrons. The second kappa shape index (κ2) is 29.4. The van der Waals surface area contributed by atoms with Crippen molar-refractivity contribution in [2.24, 2.45) is 5.92 Å². The predicted octanol–water partition coefficient (Wildman–Crippen LogP) is 6.79. The Hall–Kier alpha value is -1.31. The van der Waals surface area contributed by atoms with Crippen LogP contribution in [0, 0.1) is 5.92 Å². The predicted molar refractivity (Wildman–Crippen MR) is 206 cm³/mol. The number of thiol groups is 1. The minimum absolute atomic E-state index is 0.00788. The third-order valence-electron chi connectivity index (χ3n) is 7.02. The Morgan fingerprint density at radius 2 is 1.40 bits per heavy atom. The fraction of sp³-hybridized carbons (Fsp3) is 0.875. The summed E-state index contributed by atoms with van der Waals surface area (Å²) in [5.74, 6) is -1.75. The third-order valence-corrected chi connectivity index (χ3v) is 13.9. The van der Waals surface area contributed by atoms with Gasteiger partial charge in [0.05, 0.1) is 19.6 Å². The van der Waals surface area contributed by atoms with Gasteiger partial charge in [-0.1, -0.05) is 37.9 Å². The van der Waals surface area contributed by atoms with Crippen LogP contribution in [0.2, 0.25) is 38.8 Å². The van der Waals surface area contributed by atoms with Gasteiger partial charge in [0.15, 0.2) is 16.6 Å². The summed E-state index contributed by atoms with van der Waals surface area (Å²) in [5.41, 5.74) is 0. The molecular formula is C32H68N4O8S2Si2. The van der Waals surface area contributed by atoms with Crippen molar-refractivity contribution < 1.29 is 37.3 Å². The summed E-state index contributed by atoms with van der Waals surface area (Å²) in [4.78, 5) is 47.6. The Morgan fingerprint density at radius 1 is 0.812 bits per heavy atom. The van der Waals surface area contributed by atoms with E-state index in [-0.39, 0.29) is 35.7 Å². The number of aliphatic carboxylic acids is 1. The first kappa shape index (κ1) is 48.8. The van der Waals surface area contributed by atoms with E-state index in [1.54, 1.807) is 6.26 Å². The number of hydrogen-bond acceptors (Lipinski definition) is 9. The number of unbranched alkanes of at least 4 members (excludes halogenated alkanes) is 3. The number of carboxylic acid groups (broad SMARTS) is 1. The van der Waals surface area contributed by atoms with Gasteiger partial charge in [-0.2, -0.15) is 0 Å². The zero-order valence-electron chi connectivity index (χ0n) is 31.2. The van der Waals surface area contributed by atoms with Gasteiger partial charge >= 0.3 is 12.0 Å². The van der Waals surface area contributed by atoms with Crippen LogP contribution in [-0.4, -0.2) is 96.1 Å². The molecule has 0 saturated heterocycles. The molecule has 12 nitrogen and oxygen atoms in total. The molecule has 0 aliphatic rings. The van der Waals surface area contributed by atoms with Gasteiger partial charge in [-0.25, -0.2) is 4.79 Å². The number of hydrogen-bond donors (Lipinski definition) is 6. The van der Waals surface area contributed by atoms with E-state index in [1.807, 2.05) is 13.8 Å². The van der Waals surface area contributed by atoms with Crippen molar-refractivity contribution in [1.29, 1.82) is 0 Å². The van der Waals surface area contributed by atoms with Crippen LogP contribution in [0.4, 0.5) is 9.59 Å². The maximum Gasteiger partial charge on any atom is 0.314 e. The molecule has 48 heavy (non-hydrogen) atoms. The molecule has 4 amide bonds. The first-order valence-electron chi connectivity index (χ1n) is 17.4. The smallest absolute Gasteiger partial charge is 0.314 e. The maximum absolute atomic E-state index is 12.9. The summed E-state index contributed by atoms with van der Waals surface area (Å²) < 4.78 is 15.9. The van der Waals surface area contributed by atoms with Crippen LogP contribution in [-0.2, 0) is 22.6 Å². The SMILES string of the molecule is CCCOCCOS.CSC(=O)NCCCCCCNC(=O)NC(C)CCC(C)NC(=O)C(CCC[Si](C)(C)O[Si](C)(C)C)CC(=O)O. The summed E-state index contributed by atoms with van der Waals surface area (Å²) in [6.07, 6.45) is 9.08. The molecule has 0 heterocycles. The standard InChI is InChI=1S/C27H56N4O6SSi2.C5H12O2S/c1-21(15-16-22(2)31-26(35)28-17-11-9-10-12-18-29-27(36)38-3)30-25(34)23(20-24(32)33)14-13-19-40(7,8)37-39(4,5)6;1-2-3-6-4-5-7-8/h21-23H,9-20H2,1-8H3,(H,29,36)(H,30,34)(H,32,33)(H2,28,31,35);8H,2-5H2,1H3. The van der Waals surface area contributed by atoms with E-state index < -0.39 is 28.5 Å². The third kappa shape index (κ3) is 33.2. The number of amides is 4. The second-order valence-corrected chi connectivity index (χ2v) is 23.8. The van der Waals surface area contributed by atoms with Crippen molar-refractivity contribution in [3.05, 3.63) is 0 Å². The van der Waals surface area contributed by atoms with Crippen LogP contribution in [0.25, 0.3) is 0 Å². The number of carbonyl (C=O) groups is 4. The van der Waals surface area contributed by atoms with Crippen molar-refractivity contribution in [3.63, 3.8) is 0 Å². The monoisotopic (exact) mass is 756 g/mol. The average Bonchev–Trinajstić information content (AvgIpc) is 2.97. The van der Waals surface area contributed by atoms with Gasteiger partial charge in [0, 0.05) is 37.7 Å². The molecule has 0 saturated carbocycles. The number of carbonyl (C=O) groups excluding carboxylic acids is 3. The van der Waals surface area contributed by atoms with Crippen molar-refractivity contribution in [3.8, 4) is 0 Å². The van der Waals surface area contributed by atoms with Gasteiger partial charge in [0.25, 0.3) is 5.24 Å². The Balaban J connectivity index is 0. The van der Waals surface area contributed by atoms with Gasteiger partial charge < -0.3 is 39.4 Å². The second-order valence-electron chi connectivity index (χ2n) is 13.7. The number of thioether (sulfide) groups is 1. The highest BCUT2D eigenvalue weighted by molar-refractivity contribution is 8.12. The topological polar surface area (TPSA) is 164 Å². The number of ether oxygens (including phenoxy) is 1. The van der Waals surface area contributed by atoms with Crippen molar-refractivity contribution in [1.82, 2.24) is 21.3 Å². The van der Waals surface area contributed by atoms with Crippen LogP contribution >= 0.6 is 24.7 Å². The molecule has 0 aromatic carbocycles. The average molecular weight is 757 g/mol. The zero-order valence-corrected chi connectivity index (χ0v) is 34.9. The van der Waals surface area contributed by atoms with Crippen LogP contribution in [0.1, 0.15) is 85.0 Å². The normalized spacial score (nSPS) is 13.4. The van der Waals surface area contributed by atoms with Crippen molar-refractivity contribution in [2.75, 3.05) is 39.2 Å². The van der Waals surface area contributed by atoms with Crippen LogP contribution < -0.4 is 21.3 Å². The molecule has 5 N–H and O–H groups in total. The summed E-state index contributed by atoms with van der Waals surface area (Å²) in [5, 5.41) is 20.9.